The van der Waals surface area contributed by atoms with Gasteiger partial charge < -0.3 is 8.83 Å². The zero-order valence-electron chi connectivity index (χ0n) is 26.5. The summed E-state index contributed by atoms with van der Waals surface area (Å²) < 4.78 is 116. The number of halogens is 9. The average molecular weight is 947 g/mol. The normalized spacial score (nSPS) is 12.2. The van der Waals surface area contributed by atoms with Crippen molar-refractivity contribution in [3.05, 3.63) is 132 Å². The van der Waals surface area contributed by atoms with E-state index in [1.54, 1.807) is 66.9 Å². The number of rotatable bonds is 5. The molecule has 0 N–H and O–H groups in total. The molecule has 0 spiro atoms. The number of fused-ring (bicyclic) bond motifs is 6. The Kier molecular flexibility index (Phi) is 8.48. The van der Waals surface area contributed by atoms with Gasteiger partial charge in [0.15, 0.2) is 11.2 Å². The first-order valence-corrected chi connectivity index (χ1v) is 17.5. The Labute approximate surface area is 322 Å². The molecule has 0 atom stereocenters. The van der Waals surface area contributed by atoms with Crippen LogP contribution in [0, 0.1) is 17.1 Å². The summed E-state index contributed by atoms with van der Waals surface area (Å²) in [6, 6.07) is 28.4. The minimum absolute atomic E-state index is 0.0365. The van der Waals surface area contributed by atoms with Gasteiger partial charge in [-0.25, -0.2) is 4.39 Å². The first kappa shape index (κ1) is 35.0. The molecule has 8 aromatic rings. The predicted molar refractivity (Wildman–Crippen MR) is 206 cm³/mol. The molecule has 0 bridgehead atoms. The third-order valence-corrected chi connectivity index (χ3v) is 11.0. The van der Waals surface area contributed by atoms with Crippen LogP contribution in [0.2, 0.25) is 0 Å². The van der Waals surface area contributed by atoms with Gasteiger partial charge in [0.1, 0.15) is 17.0 Å². The Balaban J connectivity index is 1.30. The molecule has 8 rings (SSSR count). The maximum absolute atomic E-state index is 15.9. The zero-order valence-corrected chi connectivity index (χ0v) is 30.8. The van der Waals surface area contributed by atoms with Gasteiger partial charge in [0, 0.05) is 27.1 Å². The highest BCUT2D eigenvalue weighted by Crippen LogP contribution is 2.49. The lowest BCUT2D eigenvalue weighted by molar-refractivity contribution is -0.137. The van der Waals surface area contributed by atoms with Crippen molar-refractivity contribution in [3.63, 3.8) is 0 Å². The van der Waals surface area contributed by atoms with E-state index in [0.717, 1.165) is 12.1 Å². The molecule has 0 amide bonds. The SMILES string of the molecule is N#Cc1ccc(N(I)c2cccc3c2oc2c(C(F)(F)F)ccc(-c4cc(N(I)c5cccc6c5oc5c(C(F)(F)F)cccc56)ccc4F)c23)cc1. The van der Waals surface area contributed by atoms with Crippen molar-refractivity contribution in [2.45, 2.75) is 12.4 Å². The summed E-state index contributed by atoms with van der Waals surface area (Å²) in [5.74, 6) is -0.727. The minimum atomic E-state index is -4.81. The number of benzene rings is 6. The minimum Gasteiger partial charge on any atom is -0.453 e. The summed E-state index contributed by atoms with van der Waals surface area (Å²) >= 11 is 3.92. The second-order valence-electron chi connectivity index (χ2n) is 11.9. The smallest absolute Gasteiger partial charge is 0.420 e. The van der Waals surface area contributed by atoms with E-state index in [1.807, 2.05) is 51.8 Å². The van der Waals surface area contributed by atoms with Gasteiger partial charge in [-0.15, -0.1) is 0 Å². The molecule has 0 saturated carbocycles. The molecule has 0 aliphatic carbocycles. The summed E-state index contributed by atoms with van der Waals surface area (Å²) in [5.41, 5.74) is -0.182. The molecule has 264 valence electrons. The van der Waals surface area contributed by atoms with Crippen LogP contribution in [0.5, 0.6) is 0 Å². The van der Waals surface area contributed by atoms with Gasteiger partial charge in [-0.1, -0.05) is 42.5 Å². The Morgan fingerprint density at radius 2 is 1.08 bits per heavy atom. The van der Waals surface area contributed by atoms with Gasteiger partial charge in [0.05, 0.1) is 91.2 Å². The van der Waals surface area contributed by atoms with E-state index in [0.29, 0.717) is 39.1 Å². The van der Waals surface area contributed by atoms with Gasteiger partial charge in [0.25, 0.3) is 0 Å². The van der Waals surface area contributed by atoms with Crippen LogP contribution in [0.1, 0.15) is 16.7 Å². The van der Waals surface area contributed by atoms with Crippen LogP contribution in [0.4, 0.5) is 53.5 Å². The summed E-state index contributed by atoms with van der Waals surface area (Å²) in [5, 5.41) is 10.2. The second-order valence-corrected chi connectivity index (χ2v) is 13.9. The van der Waals surface area contributed by atoms with Crippen molar-refractivity contribution in [1.29, 1.82) is 5.26 Å². The fraction of sp³-hybridized carbons (Fsp3) is 0.0513. The molecule has 6 aromatic carbocycles. The molecular formula is C39H18F7I2N3O2. The summed E-state index contributed by atoms with van der Waals surface area (Å²) in [6.07, 6.45) is -9.47. The van der Waals surface area contributed by atoms with Crippen LogP contribution in [0.25, 0.3) is 55.0 Å². The van der Waals surface area contributed by atoms with E-state index in [1.165, 1.54) is 36.4 Å². The lowest BCUT2D eigenvalue weighted by atomic mass is 9.96. The van der Waals surface area contributed by atoms with Gasteiger partial charge in [-0.3, -0.25) is 6.23 Å². The highest BCUT2D eigenvalue weighted by atomic mass is 127. The van der Waals surface area contributed by atoms with Gasteiger partial charge in [0.2, 0.25) is 0 Å². The topological polar surface area (TPSA) is 56.6 Å². The molecule has 2 aromatic heterocycles. The van der Waals surface area contributed by atoms with E-state index in [9.17, 15) is 31.6 Å². The van der Waals surface area contributed by atoms with Crippen molar-refractivity contribution >= 4 is 112 Å². The molecule has 0 aliphatic rings. The monoisotopic (exact) mass is 947 g/mol. The maximum atomic E-state index is 15.9. The maximum Gasteiger partial charge on any atom is 0.420 e. The molecule has 0 aliphatic heterocycles. The van der Waals surface area contributed by atoms with Crippen molar-refractivity contribution in [2.24, 2.45) is 0 Å². The molecular weight excluding hydrogens is 929 g/mol. The number of hydrogen-bond donors (Lipinski definition) is 0. The van der Waals surface area contributed by atoms with Gasteiger partial charge in [-0.05, 0) is 72.3 Å². The fourth-order valence-corrected chi connectivity index (χ4v) is 7.84. The van der Waals surface area contributed by atoms with Crippen molar-refractivity contribution in [1.82, 2.24) is 0 Å². The van der Waals surface area contributed by atoms with E-state index >= 15 is 4.39 Å². The first-order chi connectivity index (χ1) is 25.3. The number of nitriles is 1. The van der Waals surface area contributed by atoms with Crippen molar-refractivity contribution < 1.29 is 39.6 Å². The quantitative estimate of drug-likeness (QED) is 0.0977. The lowest BCUT2D eigenvalue weighted by Gasteiger charge is -2.19. The second kappa shape index (κ2) is 12.8. The highest BCUT2D eigenvalue weighted by Gasteiger charge is 2.37. The predicted octanol–water partition coefficient (Wildman–Crippen LogP) is 14.2. The highest BCUT2D eigenvalue weighted by molar-refractivity contribution is 14.1. The molecule has 5 nitrogen and oxygen atoms in total. The van der Waals surface area contributed by atoms with Crippen LogP contribution < -0.4 is 6.23 Å². The van der Waals surface area contributed by atoms with Gasteiger partial charge in [-0.2, -0.15) is 31.6 Å². The van der Waals surface area contributed by atoms with E-state index in [2.05, 4.69) is 0 Å². The van der Waals surface area contributed by atoms with Crippen LogP contribution >= 0.6 is 45.7 Å². The fourth-order valence-electron chi connectivity index (χ4n) is 6.46. The largest absolute Gasteiger partial charge is 0.453 e. The Bertz CT molecular complexity index is 2780. The van der Waals surface area contributed by atoms with Crippen molar-refractivity contribution in [2.75, 3.05) is 6.23 Å². The molecule has 53 heavy (non-hydrogen) atoms. The van der Waals surface area contributed by atoms with E-state index in [-0.39, 0.29) is 38.6 Å². The molecule has 0 saturated heterocycles. The molecule has 0 radical (unpaired) electrons. The van der Waals surface area contributed by atoms with Crippen LogP contribution in [-0.4, -0.2) is 0 Å². The number of alkyl halides is 6. The number of furan rings is 2. The number of para-hydroxylation sites is 3. The van der Waals surface area contributed by atoms with Crippen LogP contribution in [0.15, 0.2) is 118 Å². The zero-order chi connectivity index (χ0) is 37.4. The van der Waals surface area contributed by atoms with Crippen LogP contribution in [-0.2, 0) is 12.4 Å². The Morgan fingerprint density at radius 3 is 1.72 bits per heavy atom. The molecule has 0 fully saturated rings. The molecule has 14 heteroatoms. The standard InChI is InChI=1S/C39H18F7I2N3O2/c40-30-17-14-22(51(48)31-8-2-5-25-24-4-1-7-28(38(41,42)43)34(24)52-35(25)31)18-27(30)23-15-16-29(39(44,45)46)37-33(23)26-6-3-9-32(36(26)53-37)50(47)21-12-10-20(19-49)11-13-21/h1-18H. The first-order valence-electron chi connectivity index (χ1n) is 15.5. The van der Waals surface area contributed by atoms with Gasteiger partial charge >= 0.3 is 12.4 Å². The number of anilines is 4. The van der Waals surface area contributed by atoms with Crippen molar-refractivity contribution in [3.8, 4) is 17.2 Å². The average Bonchev–Trinajstić information content (AvgIpc) is 3.72. The summed E-state index contributed by atoms with van der Waals surface area (Å²) in [4.78, 5) is 0. The third-order valence-electron chi connectivity index (χ3n) is 8.85. The number of nitrogens with zero attached hydrogens (tertiary/aromatic N) is 3. The summed E-state index contributed by atoms with van der Waals surface area (Å²) in [7, 11) is 0. The molecule has 2 heterocycles. The van der Waals surface area contributed by atoms with Crippen LogP contribution in [0.3, 0.4) is 0 Å². The third kappa shape index (κ3) is 5.89. The Morgan fingerprint density at radius 1 is 0.547 bits per heavy atom. The van der Waals surface area contributed by atoms with E-state index in [4.69, 9.17) is 8.83 Å². The summed E-state index contributed by atoms with van der Waals surface area (Å²) in [6.45, 7) is 0. The Hall–Kier alpha value is -5.02. The molecule has 0 unspecified atom stereocenters. The number of hydrogen-bond acceptors (Lipinski definition) is 5. The van der Waals surface area contributed by atoms with E-state index < -0.39 is 34.9 Å². The lowest BCUT2D eigenvalue weighted by Crippen LogP contribution is -2.05.